The lowest BCUT2D eigenvalue weighted by molar-refractivity contribution is 0.418. The Morgan fingerprint density at radius 1 is 1.29 bits per heavy atom. The molecule has 5 nitrogen and oxygen atoms in total. The number of hydrogen-bond donors (Lipinski definition) is 2. The number of ether oxygens (including phenoxy) is 1. The number of nitrogens with one attached hydrogen (secondary N) is 1. The van der Waals surface area contributed by atoms with Crippen molar-refractivity contribution in [2.45, 2.75) is 0 Å². The zero-order valence-corrected chi connectivity index (χ0v) is 8.52. The fourth-order valence-electron chi connectivity index (χ4n) is 1.13. The molecular formula is C10H8F2N4O. The Balaban J connectivity index is 2.29. The second-order valence-electron chi connectivity index (χ2n) is 3.05. The molecule has 2 aromatic rings. The van der Waals surface area contributed by atoms with E-state index in [9.17, 15) is 8.78 Å². The van der Waals surface area contributed by atoms with Crippen LogP contribution in [0.4, 0.5) is 14.7 Å². The maximum absolute atomic E-state index is 13.3. The third-order valence-electron chi connectivity index (χ3n) is 1.85. The summed E-state index contributed by atoms with van der Waals surface area (Å²) in [6, 6.07) is 5.26. The fraction of sp³-hybridized carbons (Fsp3) is 0. The molecule has 0 saturated heterocycles. The smallest absolute Gasteiger partial charge is 0.260 e. The molecule has 2 rings (SSSR count). The van der Waals surface area contributed by atoms with Crippen LogP contribution in [0, 0.1) is 11.6 Å². The first-order chi connectivity index (χ1) is 8.19. The standard InChI is InChI=1S/C10H8F2N4O/c11-6-2-1-3-7(4-6)17-9-8(12)5-14-10(15-9)16-13/h1-5H,13H2,(H,14,15,16). The van der Waals surface area contributed by atoms with Gasteiger partial charge in [0.1, 0.15) is 11.6 Å². The summed E-state index contributed by atoms with van der Waals surface area (Å²) < 4.78 is 31.2. The van der Waals surface area contributed by atoms with Gasteiger partial charge >= 0.3 is 0 Å². The van der Waals surface area contributed by atoms with Gasteiger partial charge in [-0.1, -0.05) is 6.07 Å². The topological polar surface area (TPSA) is 73.1 Å². The summed E-state index contributed by atoms with van der Waals surface area (Å²) in [4.78, 5) is 7.19. The van der Waals surface area contributed by atoms with Crippen molar-refractivity contribution < 1.29 is 13.5 Å². The Bertz CT molecular complexity index is 535. The first kappa shape index (κ1) is 11.2. The maximum atomic E-state index is 13.3. The molecule has 0 aliphatic carbocycles. The lowest BCUT2D eigenvalue weighted by atomic mass is 10.3. The summed E-state index contributed by atoms with van der Waals surface area (Å²) in [5, 5.41) is 0. The Kier molecular flexibility index (Phi) is 3.10. The van der Waals surface area contributed by atoms with Gasteiger partial charge in [-0.05, 0) is 12.1 Å². The second kappa shape index (κ2) is 4.71. The first-order valence-corrected chi connectivity index (χ1v) is 4.61. The number of rotatable bonds is 3. The molecule has 17 heavy (non-hydrogen) atoms. The minimum atomic E-state index is -0.770. The molecule has 0 radical (unpaired) electrons. The van der Waals surface area contributed by atoms with Gasteiger partial charge in [-0.2, -0.15) is 9.37 Å². The summed E-state index contributed by atoms with van der Waals surface area (Å²) in [6.07, 6.45) is 0.900. The number of anilines is 1. The molecule has 0 aliphatic heterocycles. The van der Waals surface area contributed by atoms with Crippen molar-refractivity contribution in [2.75, 3.05) is 5.43 Å². The number of halogens is 2. The third-order valence-corrected chi connectivity index (χ3v) is 1.85. The quantitative estimate of drug-likeness (QED) is 0.630. The summed E-state index contributed by atoms with van der Waals surface area (Å²) in [6.45, 7) is 0. The van der Waals surface area contributed by atoms with Crippen LogP contribution in [-0.4, -0.2) is 9.97 Å². The number of nitrogens with zero attached hydrogens (tertiary/aromatic N) is 2. The first-order valence-electron chi connectivity index (χ1n) is 4.61. The normalized spacial score (nSPS) is 10.1. The predicted octanol–water partition coefficient (Wildman–Crippen LogP) is 1.83. The van der Waals surface area contributed by atoms with E-state index >= 15 is 0 Å². The van der Waals surface area contributed by atoms with Crippen molar-refractivity contribution in [1.82, 2.24) is 9.97 Å². The molecule has 0 aliphatic rings. The van der Waals surface area contributed by atoms with Crippen LogP contribution >= 0.6 is 0 Å². The van der Waals surface area contributed by atoms with Crippen molar-refractivity contribution in [3.8, 4) is 11.6 Å². The Morgan fingerprint density at radius 3 is 2.82 bits per heavy atom. The zero-order chi connectivity index (χ0) is 12.3. The van der Waals surface area contributed by atoms with Crippen LogP contribution in [0.25, 0.3) is 0 Å². The Hall–Kier alpha value is -2.28. The molecular weight excluding hydrogens is 230 g/mol. The number of benzene rings is 1. The van der Waals surface area contributed by atoms with Crippen LogP contribution in [-0.2, 0) is 0 Å². The largest absolute Gasteiger partial charge is 0.436 e. The highest BCUT2D eigenvalue weighted by Crippen LogP contribution is 2.22. The molecule has 88 valence electrons. The average molecular weight is 238 g/mol. The average Bonchev–Trinajstić information content (AvgIpc) is 2.32. The molecule has 7 heteroatoms. The Morgan fingerprint density at radius 2 is 2.12 bits per heavy atom. The minimum absolute atomic E-state index is 0.00203. The molecule has 0 amide bonds. The molecule has 0 atom stereocenters. The number of hydrogen-bond acceptors (Lipinski definition) is 5. The maximum Gasteiger partial charge on any atom is 0.260 e. The van der Waals surface area contributed by atoms with Crippen LogP contribution in [0.5, 0.6) is 11.6 Å². The third kappa shape index (κ3) is 2.64. The monoisotopic (exact) mass is 238 g/mol. The van der Waals surface area contributed by atoms with Gasteiger partial charge in [0.25, 0.3) is 5.88 Å². The van der Waals surface area contributed by atoms with Crippen LogP contribution in [0.1, 0.15) is 0 Å². The van der Waals surface area contributed by atoms with E-state index in [0.717, 1.165) is 12.3 Å². The van der Waals surface area contributed by atoms with Crippen LogP contribution < -0.4 is 16.0 Å². The lowest BCUT2D eigenvalue weighted by Crippen LogP contribution is -2.11. The van der Waals surface area contributed by atoms with Crippen molar-refractivity contribution in [3.05, 3.63) is 42.1 Å². The van der Waals surface area contributed by atoms with E-state index in [2.05, 4.69) is 15.4 Å². The van der Waals surface area contributed by atoms with Gasteiger partial charge in [-0.15, -0.1) is 0 Å². The number of nitrogen functional groups attached to an aromatic ring is 1. The van der Waals surface area contributed by atoms with E-state index < -0.39 is 11.6 Å². The van der Waals surface area contributed by atoms with Gasteiger partial charge in [-0.25, -0.2) is 15.2 Å². The van der Waals surface area contributed by atoms with E-state index in [-0.39, 0.29) is 17.6 Å². The van der Waals surface area contributed by atoms with E-state index in [1.54, 1.807) is 0 Å². The Labute approximate surface area is 95.2 Å². The number of hydrazine groups is 1. The van der Waals surface area contributed by atoms with Gasteiger partial charge in [0.15, 0.2) is 0 Å². The van der Waals surface area contributed by atoms with E-state index in [1.165, 1.54) is 18.2 Å². The molecule has 1 aromatic carbocycles. The van der Waals surface area contributed by atoms with Crippen LogP contribution in [0.3, 0.4) is 0 Å². The van der Waals surface area contributed by atoms with Crippen molar-refractivity contribution >= 4 is 5.95 Å². The van der Waals surface area contributed by atoms with E-state index in [1.807, 2.05) is 0 Å². The predicted molar refractivity (Wildman–Crippen MR) is 56.3 cm³/mol. The summed E-state index contributed by atoms with van der Waals surface area (Å²) in [5.41, 5.74) is 2.15. The number of nitrogens with two attached hydrogens (primary N) is 1. The number of aromatic nitrogens is 2. The SMILES string of the molecule is NNc1ncc(F)c(Oc2cccc(F)c2)n1. The van der Waals surface area contributed by atoms with Gasteiger partial charge in [0.2, 0.25) is 11.8 Å². The van der Waals surface area contributed by atoms with Gasteiger partial charge in [0.05, 0.1) is 6.20 Å². The molecule has 3 N–H and O–H groups in total. The molecule has 0 spiro atoms. The van der Waals surface area contributed by atoms with Crippen LogP contribution in [0.2, 0.25) is 0 Å². The van der Waals surface area contributed by atoms with E-state index in [0.29, 0.717) is 0 Å². The second-order valence-corrected chi connectivity index (χ2v) is 3.05. The molecule has 1 aromatic heterocycles. The highest BCUT2D eigenvalue weighted by atomic mass is 19.1. The van der Waals surface area contributed by atoms with Crippen molar-refractivity contribution in [2.24, 2.45) is 5.84 Å². The van der Waals surface area contributed by atoms with Gasteiger partial charge in [0, 0.05) is 6.07 Å². The molecule has 1 heterocycles. The lowest BCUT2D eigenvalue weighted by Gasteiger charge is -2.06. The summed E-state index contributed by atoms with van der Waals surface area (Å²) in [5.74, 6) is 3.61. The van der Waals surface area contributed by atoms with Crippen LogP contribution in [0.15, 0.2) is 30.5 Å². The van der Waals surface area contributed by atoms with Crippen molar-refractivity contribution in [3.63, 3.8) is 0 Å². The molecule has 0 saturated carbocycles. The molecule has 0 unspecified atom stereocenters. The van der Waals surface area contributed by atoms with Crippen molar-refractivity contribution in [1.29, 1.82) is 0 Å². The zero-order valence-electron chi connectivity index (χ0n) is 8.52. The molecule has 0 fully saturated rings. The highest BCUT2D eigenvalue weighted by Gasteiger charge is 2.09. The summed E-state index contributed by atoms with van der Waals surface area (Å²) in [7, 11) is 0. The highest BCUT2D eigenvalue weighted by molar-refractivity contribution is 5.31. The van der Waals surface area contributed by atoms with E-state index in [4.69, 9.17) is 10.6 Å². The summed E-state index contributed by atoms with van der Waals surface area (Å²) >= 11 is 0. The van der Waals surface area contributed by atoms with Gasteiger partial charge in [-0.3, -0.25) is 5.43 Å². The van der Waals surface area contributed by atoms with Gasteiger partial charge < -0.3 is 4.74 Å². The molecule has 0 bridgehead atoms. The fourth-order valence-corrected chi connectivity index (χ4v) is 1.13. The minimum Gasteiger partial charge on any atom is -0.436 e.